The van der Waals surface area contributed by atoms with Crippen molar-refractivity contribution in [1.29, 1.82) is 0 Å². The normalized spacial score (nSPS) is 11.1. The van der Waals surface area contributed by atoms with E-state index in [0.29, 0.717) is 38.8 Å². The summed E-state index contributed by atoms with van der Waals surface area (Å²) in [5.74, 6) is 0.145. The Balaban J connectivity index is 1.67. The van der Waals surface area contributed by atoms with E-state index in [4.69, 9.17) is 9.84 Å². The van der Waals surface area contributed by atoms with Crippen molar-refractivity contribution in [2.45, 2.75) is 6.92 Å². The number of carboxylic acid groups (broad SMARTS) is 1. The Hall–Kier alpha value is -3.98. The maximum atomic E-state index is 11.1. The number of hydrogen-bond donors (Lipinski definition) is 3. The molecule has 2 heterocycles. The smallest absolute Gasteiger partial charge is 0.335 e. The molecule has 0 spiro atoms. The Morgan fingerprint density at radius 2 is 2.06 bits per heavy atom. The van der Waals surface area contributed by atoms with Crippen molar-refractivity contribution in [3.8, 4) is 21.9 Å². The van der Waals surface area contributed by atoms with E-state index in [2.05, 4.69) is 20.5 Å². The number of aromatic nitrogens is 2. The second-order valence-corrected chi connectivity index (χ2v) is 7.43. The molecule has 0 aliphatic heterocycles. The Bertz CT molecular complexity index is 1290. The van der Waals surface area contributed by atoms with Crippen molar-refractivity contribution in [2.75, 3.05) is 12.0 Å². The summed E-state index contributed by atoms with van der Waals surface area (Å²) in [7, 11) is 0. The van der Waals surface area contributed by atoms with Crippen LogP contribution in [0.2, 0.25) is 0 Å². The molecule has 31 heavy (non-hydrogen) atoms. The van der Waals surface area contributed by atoms with Crippen molar-refractivity contribution < 1.29 is 19.7 Å². The summed E-state index contributed by atoms with van der Waals surface area (Å²) in [6.07, 6.45) is 2.84. The highest BCUT2D eigenvalue weighted by Gasteiger charge is 2.19. The fourth-order valence-corrected chi connectivity index (χ4v) is 4.13. The number of rotatable bonds is 7. The highest BCUT2D eigenvalue weighted by molar-refractivity contribution is 7.23. The van der Waals surface area contributed by atoms with Gasteiger partial charge in [0.2, 0.25) is 0 Å². The van der Waals surface area contributed by atoms with E-state index in [0.717, 1.165) is 5.56 Å². The van der Waals surface area contributed by atoms with E-state index in [1.165, 1.54) is 36.0 Å². The molecule has 0 saturated heterocycles. The van der Waals surface area contributed by atoms with Crippen molar-refractivity contribution in [1.82, 2.24) is 9.97 Å². The van der Waals surface area contributed by atoms with Crippen molar-refractivity contribution >= 4 is 39.6 Å². The topological polar surface area (TPSA) is 117 Å². The third-order valence-corrected chi connectivity index (χ3v) is 5.60. The van der Waals surface area contributed by atoms with Crippen LogP contribution in [0.25, 0.3) is 20.7 Å². The summed E-state index contributed by atoms with van der Waals surface area (Å²) in [5.41, 5.74) is 4.83. The zero-order chi connectivity index (χ0) is 21.8. The SMILES string of the molecule is CCOc1ccccc1-c1sc2c(N/N=C/c3cccc(C(=O)O)c3)ncnc2c1O. The van der Waals surface area contributed by atoms with Gasteiger partial charge in [0.1, 0.15) is 22.3 Å². The number of ether oxygens (including phenoxy) is 1. The number of hydrogen-bond acceptors (Lipinski definition) is 8. The molecule has 0 fully saturated rings. The van der Waals surface area contributed by atoms with Crippen LogP contribution in [-0.2, 0) is 0 Å². The van der Waals surface area contributed by atoms with Gasteiger partial charge in [-0.2, -0.15) is 5.10 Å². The van der Waals surface area contributed by atoms with Crippen LogP contribution in [0.4, 0.5) is 5.82 Å². The van der Waals surface area contributed by atoms with Crippen LogP contribution >= 0.6 is 11.3 Å². The average Bonchev–Trinajstić information content (AvgIpc) is 3.12. The minimum absolute atomic E-state index is 0.0516. The van der Waals surface area contributed by atoms with Gasteiger partial charge in [0, 0.05) is 5.56 Å². The Kier molecular flexibility index (Phi) is 5.76. The van der Waals surface area contributed by atoms with E-state index in [1.807, 2.05) is 31.2 Å². The zero-order valence-corrected chi connectivity index (χ0v) is 17.3. The third-order valence-electron chi connectivity index (χ3n) is 4.40. The summed E-state index contributed by atoms with van der Waals surface area (Å²) < 4.78 is 6.33. The summed E-state index contributed by atoms with van der Waals surface area (Å²) in [6.45, 7) is 2.41. The van der Waals surface area contributed by atoms with Gasteiger partial charge in [-0.3, -0.25) is 5.43 Å². The highest BCUT2D eigenvalue weighted by atomic mass is 32.1. The van der Waals surface area contributed by atoms with Crippen LogP contribution in [0.1, 0.15) is 22.8 Å². The molecular weight excluding hydrogens is 416 g/mol. The fourth-order valence-electron chi connectivity index (χ4n) is 3.01. The first-order valence-corrected chi connectivity index (χ1v) is 10.2. The number of para-hydroxylation sites is 1. The lowest BCUT2D eigenvalue weighted by Crippen LogP contribution is -1.98. The van der Waals surface area contributed by atoms with E-state index < -0.39 is 5.97 Å². The van der Waals surface area contributed by atoms with Gasteiger partial charge < -0.3 is 14.9 Å². The molecule has 0 radical (unpaired) electrons. The zero-order valence-electron chi connectivity index (χ0n) is 16.4. The molecule has 0 aliphatic carbocycles. The van der Waals surface area contributed by atoms with E-state index >= 15 is 0 Å². The molecule has 0 aliphatic rings. The van der Waals surface area contributed by atoms with Crippen LogP contribution < -0.4 is 10.2 Å². The number of hydrazone groups is 1. The molecule has 0 unspecified atom stereocenters. The molecule has 0 atom stereocenters. The Morgan fingerprint density at radius 3 is 2.87 bits per heavy atom. The molecule has 8 nitrogen and oxygen atoms in total. The minimum Gasteiger partial charge on any atom is -0.504 e. The number of benzene rings is 2. The second kappa shape index (κ2) is 8.80. The lowest BCUT2D eigenvalue weighted by atomic mass is 10.1. The number of carboxylic acids is 1. The molecule has 0 amide bonds. The Morgan fingerprint density at radius 1 is 1.23 bits per heavy atom. The van der Waals surface area contributed by atoms with E-state index in [9.17, 15) is 9.90 Å². The number of carbonyl (C=O) groups is 1. The largest absolute Gasteiger partial charge is 0.504 e. The number of aromatic carboxylic acids is 1. The third kappa shape index (κ3) is 4.17. The minimum atomic E-state index is -1.00. The van der Waals surface area contributed by atoms with Gasteiger partial charge in [-0.05, 0) is 36.8 Å². The predicted octanol–water partition coefficient (Wildman–Crippen LogP) is 4.61. The van der Waals surface area contributed by atoms with Crippen molar-refractivity contribution in [3.63, 3.8) is 0 Å². The average molecular weight is 434 g/mol. The molecule has 156 valence electrons. The number of nitrogens with zero attached hydrogens (tertiary/aromatic N) is 3. The molecular formula is C22H18N4O4S. The van der Waals surface area contributed by atoms with Crippen LogP contribution in [0.3, 0.4) is 0 Å². The lowest BCUT2D eigenvalue weighted by molar-refractivity contribution is 0.0697. The first-order valence-electron chi connectivity index (χ1n) is 9.39. The molecule has 9 heteroatoms. The van der Waals surface area contributed by atoms with Gasteiger partial charge in [0.05, 0.1) is 23.3 Å². The first kappa shape index (κ1) is 20.3. The maximum absolute atomic E-state index is 11.1. The molecule has 2 aromatic carbocycles. The Labute approximate surface area is 181 Å². The van der Waals surface area contributed by atoms with E-state index in [-0.39, 0.29) is 11.3 Å². The van der Waals surface area contributed by atoms with Crippen molar-refractivity contribution in [3.05, 3.63) is 66.0 Å². The maximum Gasteiger partial charge on any atom is 0.335 e. The summed E-state index contributed by atoms with van der Waals surface area (Å²) in [4.78, 5) is 20.2. The fraction of sp³-hybridized carbons (Fsp3) is 0.0909. The van der Waals surface area contributed by atoms with Crippen LogP contribution in [0.5, 0.6) is 11.5 Å². The molecule has 0 saturated carbocycles. The van der Waals surface area contributed by atoms with E-state index in [1.54, 1.807) is 12.1 Å². The monoisotopic (exact) mass is 434 g/mol. The standard InChI is InChI=1S/C22H18N4O4S/c1-2-30-16-9-4-3-8-15(16)19-18(27)17-20(31-19)21(24-12-23-17)26-25-11-13-6-5-7-14(10-13)22(28)29/h3-12,27H,2H2,1H3,(H,28,29)(H,23,24,26)/b25-11+. The first-order chi connectivity index (χ1) is 15.1. The van der Waals surface area contributed by atoms with Gasteiger partial charge in [-0.15, -0.1) is 11.3 Å². The number of thiophene rings is 1. The van der Waals surface area contributed by atoms with Crippen LogP contribution in [0, 0.1) is 0 Å². The van der Waals surface area contributed by atoms with Gasteiger partial charge in [-0.1, -0.05) is 24.3 Å². The molecule has 2 aromatic heterocycles. The second-order valence-electron chi connectivity index (χ2n) is 6.41. The summed E-state index contributed by atoms with van der Waals surface area (Å²) in [5, 5.41) is 24.1. The van der Waals surface area contributed by atoms with Gasteiger partial charge in [0.15, 0.2) is 11.6 Å². The highest BCUT2D eigenvalue weighted by Crippen LogP contribution is 2.47. The molecule has 0 bridgehead atoms. The molecule has 4 aromatic rings. The quantitative estimate of drug-likeness (QED) is 0.287. The summed E-state index contributed by atoms with van der Waals surface area (Å²) >= 11 is 1.33. The predicted molar refractivity (Wildman–Crippen MR) is 120 cm³/mol. The number of aromatic hydroxyl groups is 1. The van der Waals surface area contributed by atoms with Gasteiger partial charge >= 0.3 is 5.97 Å². The van der Waals surface area contributed by atoms with Gasteiger partial charge in [-0.25, -0.2) is 14.8 Å². The number of anilines is 1. The number of nitrogens with one attached hydrogen (secondary N) is 1. The van der Waals surface area contributed by atoms with Crippen LogP contribution in [-0.4, -0.2) is 39.0 Å². The molecule has 3 N–H and O–H groups in total. The number of fused-ring (bicyclic) bond motifs is 1. The van der Waals surface area contributed by atoms with Gasteiger partial charge in [0.25, 0.3) is 0 Å². The van der Waals surface area contributed by atoms with Crippen LogP contribution in [0.15, 0.2) is 60.0 Å². The van der Waals surface area contributed by atoms with Crippen molar-refractivity contribution in [2.24, 2.45) is 5.10 Å². The molecule has 4 rings (SSSR count). The summed E-state index contributed by atoms with van der Waals surface area (Å²) in [6, 6.07) is 13.9. The lowest BCUT2D eigenvalue weighted by Gasteiger charge is -2.08.